The average Bonchev–Trinajstić information content (AvgIpc) is 2.44. The first kappa shape index (κ1) is 14.2. The van der Waals surface area contributed by atoms with Crippen LogP contribution >= 0.6 is 11.6 Å². The van der Waals surface area contributed by atoms with Crippen LogP contribution in [0.5, 0.6) is 0 Å². The van der Waals surface area contributed by atoms with Crippen LogP contribution in [0.3, 0.4) is 0 Å². The highest BCUT2D eigenvalue weighted by atomic mass is 35.5. The second kappa shape index (κ2) is 6.29. The number of nitrogens with one attached hydrogen (secondary N) is 2. The van der Waals surface area contributed by atoms with Crippen LogP contribution in [0.1, 0.15) is 17.4 Å². The molecule has 0 aliphatic heterocycles. The van der Waals surface area contributed by atoms with Gasteiger partial charge in [-0.25, -0.2) is 4.39 Å². The molecule has 0 atom stereocenters. The first-order valence-corrected chi connectivity index (χ1v) is 6.32. The third-order valence-corrected chi connectivity index (χ3v) is 2.76. The minimum atomic E-state index is -0.506. The predicted octanol–water partition coefficient (Wildman–Crippen LogP) is 2.95. The lowest BCUT2D eigenvalue weighted by molar-refractivity contribution is 0.102. The standard InChI is InChI=1S/C13H12ClFN4O/c1-2-16-12-6-5-10(18-19-12)13(20)17-11-7-8(15)3-4-9(11)14/h3-7H,2H2,1H3,(H,16,19)(H,17,20). The summed E-state index contributed by atoms with van der Waals surface area (Å²) in [6, 6.07) is 6.88. The summed E-state index contributed by atoms with van der Waals surface area (Å²) in [7, 11) is 0. The Labute approximate surface area is 120 Å². The van der Waals surface area contributed by atoms with Gasteiger partial charge in [0.1, 0.15) is 11.6 Å². The molecule has 0 unspecified atom stereocenters. The summed E-state index contributed by atoms with van der Waals surface area (Å²) in [4.78, 5) is 11.9. The number of hydrogen-bond donors (Lipinski definition) is 2. The largest absolute Gasteiger partial charge is 0.369 e. The third kappa shape index (κ3) is 3.42. The van der Waals surface area contributed by atoms with E-state index in [-0.39, 0.29) is 16.4 Å². The predicted molar refractivity (Wildman–Crippen MR) is 75.6 cm³/mol. The van der Waals surface area contributed by atoms with Crippen molar-refractivity contribution >= 4 is 29.0 Å². The Kier molecular flexibility index (Phi) is 4.47. The van der Waals surface area contributed by atoms with E-state index in [2.05, 4.69) is 20.8 Å². The molecule has 0 saturated heterocycles. The van der Waals surface area contributed by atoms with Crippen molar-refractivity contribution < 1.29 is 9.18 Å². The topological polar surface area (TPSA) is 66.9 Å². The van der Waals surface area contributed by atoms with Gasteiger partial charge in [-0.1, -0.05) is 11.6 Å². The summed E-state index contributed by atoms with van der Waals surface area (Å²) in [5.41, 5.74) is 0.307. The van der Waals surface area contributed by atoms with E-state index in [1.165, 1.54) is 18.2 Å². The number of hydrogen-bond acceptors (Lipinski definition) is 4. The molecule has 0 radical (unpaired) electrons. The molecule has 0 saturated carbocycles. The van der Waals surface area contributed by atoms with Gasteiger partial charge < -0.3 is 10.6 Å². The van der Waals surface area contributed by atoms with Crippen molar-refractivity contribution in [2.24, 2.45) is 0 Å². The van der Waals surface area contributed by atoms with E-state index in [0.717, 1.165) is 6.07 Å². The van der Waals surface area contributed by atoms with Gasteiger partial charge in [0.2, 0.25) is 0 Å². The van der Waals surface area contributed by atoms with Crippen LogP contribution in [0, 0.1) is 5.82 Å². The molecule has 1 heterocycles. The Balaban J connectivity index is 2.13. The van der Waals surface area contributed by atoms with Gasteiger partial charge in [0, 0.05) is 6.54 Å². The van der Waals surface area contributed by atoms with Crippen LogP contribution in [0.4, 0.5) is 15.9 Å². The first-order chi connectivity index (χ1) is 9.60. The highest BCUT2D eigenvalue weighted by molar-refractivity contribution is 6.33. The van der Waals surface area contributed by atoms with Gasteiger partial charge in [-0.05, 0) is 37.3 Å². The zero-order chi connectivity index (χ0) is 14.5. The fraction of sp³-hybridized carbons (Fsp3) is 0.154. The van der Waals surface area contributed by atoms with Gasteiger partial charge >= 0.3 is 0 Å². The minimum Gasteiger partial charge on any atom is -0.369 e. The van der Waals surface area contributed by atoms with E-state index in [1.54, 1.807) is 6.07 Å². The molecular weight excluding hydrogens is 283 g/mol. The van der Waals surface area contributed by atoms with Gasteiger partial charge in [-0.15, -0.1) is 10.2 Å². The summed E-state index contributed by atoms with van der Waals surface area (Å²) in [6.45, 7) is 2.63. The number of rotatable bonds is 4. The number of anilines is 2. The molecule has 2 rings (SSSR count). The van der Waals surface area contributed by atoms with E-state index < -0.39 is 11.7 Å². The number of nitrogens with zero attached hydrogens (tertiary/aromatic N) is 2. The fourth-order valence-electron chi connectivity index (χ4n) is 1.51. The Bertz CT molecular complexity index is 618. The molecule has 1 aromatic heterocycles. The number of amides is 1. The SMILES string of the molecule is CCNc1ccc(C(=O)Nc2cc(F)ccc2Cl)nn1. The van der Waals surface area contributed by atoms with Crippen molar-refractivity contribution in [1.82, 2.24) is 10.2 Å². The van der Waals surface area contributed by atoms with Crippen molar-refractivity contribution in [2.75, 3.05) is 17.2 Å². The second-order valence-electron chi connectivity index (χ2n) is 3.91. The van der Waals surface area contributed by atoms with Crippen molar-refractivity contribution in [3.8, 4) is 0 Å². The van der Waals surface area contributed by atoms with Crippen molar-refractivity contribution in [1.29, 1.82) is 0 Å². The maximum Gasteiger partial charge on any atom is 0.276 e. The van der Waals surface area contributed by atoms with Crippen LogP contribution in [0.2, 0.25) is 5.02 Å². The Morgan fingerprint density at radius 3 is 2.75 bits per heavy atom. The third-order valence-electron chi connectivity index (χ3n) is 2.43. The lowest BCUT2D eigenvalue weighted by atomic mass is 10.3. The maximum absolute atomic E-state index is 13.1. The lowest BCUT2D eigenvalue weighted by Crippen LogP contribution is -2.15. The molecule has 0 spiro atoms. The lowest BCUT2D eigenvalue weighted by Gasteiger charge is -2.07. The fourth-order valence-corrected chi connectivity index (χ4v) is 1.67. The highest BCUT2D eigenvalue weighted by Crippen LogP contribution is 2.22. The van der Waals surface area contributed by atoms with Crippen molar-refractivity contribution in [3.05, 3.63) is 46.9 Å². The molecule has 7 heteroatoms. The molecule has 20 heavy (non-hydrogen) atoms. The van der Waals surface area contributed by atoms with E-state index in [0.29, 0.717) is 12.4 Å². The van der Waals surface area contributed by atoms with Crippen LogP contribution in [-0.2, 0) is 0 Å². The summed E-state index contributed by atoms with van der Waals surface area (Å²) >= 11 is 5.87. The Hall–Kier alpha value is -2.21. The monoisotopic (exact) mass is 294 g/mol. The number of benzene rings is 1. The highest BCUT2D eigenvalue weighted by Gasteiger charge is 2.11. The van der Waals surface area contributed by atoms with Gasteiger partial charge in [0.25, 0.3) is 5.91 Å². The van der Waals surface area contributed by atoms with Crippen LogP contribution in [0.15, 0.2) is 30.3 Å². The quantitative estimate of drug-likeness (QED) is 0.910. The summed E-state index contributed by atoms with van der Waals surface area (Å²) in [6.07, 6.45) is 0. The van der Waals surface area contributed by atoms with E-state index in [9.17, 15) is 9.18 Å². The van der Waals surface area contributed by atoms with Crippen LogP contribution in [0.25, 0.3) is 0 Å². The maximum atomic E-state index is 13.1. The number of carbonyl (C=O) groups excluding carboxylic acids is 1. The second-order valence-corrected chi connectivity index (χ2v) is 4.32. The summed E-state index contributed by atoms with van der Waals surface area (Å²) in [5, 5.41) is 13.3. The molecule has 1 aromatic carbocycles. The van der Waals surface area contributed by atoms with E-state index in [1.807, 2.05) is 6.92 Å². The normalized spacial score (nSPS) is 10.2. The van der Waals surface area contributed by atoms with Gasteiger partial charge in [-0.2, -0.15) is 0 Å². The summed E-state index contributed by atoms with van der Waals surface area (Å²) < 4.78 is 13.1. The van der Waals surface area contributed by atoms with Gasteiger partial charge in [-0.3, -0.25) is 4.79 Å². The zero-order valence-corrected chi connectivity index (χ0v) is 11.4. The molecule has 0 aliphatic carbocycles. The molecule has 104 valence electrons. The molecule has 5 nitrogen and oxygen atoms in total. The zero-order valence-electron chi connectivity index (χ0n) is 10.7. The molecule has 1 amide bonds. The minimum absolute atomic E-state index is 0.118. The molecule has 2 N–H and O–H groups in total. The molecule has 0 bridgehead atoms. The van der Waals surface area contributed by atoms with Gasteiger partial charge in [0.05, 0.1) is 10.7 Å². The van der Waals surface area contributed by atoms with Crippen molar-refractivity contribution in [2.45, 2.75) is 6.92 Å². The smallest absolute Gasteiger partial charge is 0.276 e. The summed E-state index contributed by atoms with van der Waals surface area (Å²) in [5.74, 6) is -0.417. The van der Waals surface area contributed by atoms with Gasteiger partial charge in [0.15, 0.2) is 5.69 Å². The molecule has 2 aromatic rings. The average molecular weight is 295 g/mol. The number of carbonyl (C=O) groups is 1. The first-order valence-electron chi connectivity index (χ1n) is 5.94. The van der Waals surface area contributed by atoms with Crippen molar-refractivity contribution in [3.63, 3.8) is 0 Å². The molecule has 0 fully saturated rings. The number of halogens is 2. The number of aromatic nitrogens is 2. The molecule has 0 aliphatic rings. The van der Waals surface area contributed by atoms with Crippen LogP contribution < -0.4 is 10.6 Å². The Morgan fingerprint density at radius 2 is 2.10 bits per heavy atom. The molecular formula is C13H12ClFN4O. The Morgan fingerprint density at radius 1 is 1.30 bits per heavy atom. The van der Waals surface area contributed by atoms with Crippen LogP contribution in [-0.4, -0.2) is 22.6 Å². The van der Waals surface area contributed by atoms with E-state index >= 15 is 0 Å². The van der Waals surface area contributed by atoms with E-state index in [4.69, 9.17) is 11.6 Å².